The minimum Gasteiger partial charge on any atom is -0.267 e. The summed E-state index contributed by atoms with van der Waals surface area (Å²) in [5, 5.41) is 18.3. The van der Waals surface area contributed by atoms with E-state index in [1.54, 1.807) is 31.2 Å². The number of unbranched alkanes of at least 4 members (excludes halogenated alkanes) is 5. The van der Waals surface area contributed by atoms with Crippen molar-refractivity contribution in [1.29, 1.82) is 5.26 Å². The van der Waals surface area contributed by atoms with Crippen LogP contribution in [0, 0.1) is 11.3 Å². The van der Waals surface area contributed by atoms with Gasteiger partial charge < -0.3 is 0 Å². The van der Waals surface area contributed by atoms with Crippen LogP contribution in [0.1, 0.15) is 69.9 Å². The van der Waals surface area contributed by atoms with Crippen molar-refractivity contribution in [3.05, 3.63) is 69.5 Å². The molecule has 0 saturated heterocycles. The quantitative estimate of drug-likeness (QED) is 0.114. The second kappa shape index (κ2) is 16.0. The predicted molar refractivity (Wildman–Crippen MR) is 169 cm³/mol. The van der Waals surface area contributed by atoms with Crippen LogP contribution in [-0.2, 0) is 28.8 Å². The van der Waals surface area contributed by atoms with Crippen LogP contribution in [0.2, 0.25) is 0 Å². The van der Waals surface area contributed by atoms with Gasteiger partial charge in [0.05, 0.1) is 17.1 Å². The first kappa shape index (κ1) is 32.7. The largest absolute Gasteiger partial charge is 0.328 e. The van der Waals surface area contributed by atoms with Gasteiger partial charge in [-0.15, -0.1) is 0 Å². The number of oxime groups is 2. The molecule has 0 N–H and O–H groups in total. The van der Waals surface area contributed by atoms with E-state index < -0.39 is 20.2 Å². The summed E-state index contributed by atoms with van der Waals surface area (Å²) in [4.78, 5) is 1.40. The van der Waals surface area contributed by atoms with Gasteiger partial charge in [0.15, 0.2) is 0 Å². The summed E-state index contributed by atoms with van der Waals surface area (Å²) in [6, 6.07) is 9.61. The maximum Gasteiger partial charge on any atom is 0.328 e. The molecule has 0 saturated carbocycles. The van der Waals surface area contributed by atoms with Crippen molar-refractivity contribution in [2.24, 2.45) is 10.3 Å². The number of nitriles is 1. The van der Waals surface area contributed by atoms with Crippen LogP contribution in [-0.4, -0.2) is 38.4 Å². The summed E-state index contributed by atoms with van der Waals surface area (Å²) in [7, 11) is -7.49. The summed E-state index contributed by atoms with van der Waals surface area (Å²) in [5.74, 6) is -0.197. The van der Waals surface area contributed by atoms with Crippen LogP contribution >= 0.6 is 23.5 Å². The van der Waals surface area contributed by atoms with E-state index >= 15 is 0 Å². The van der Waals surface area contributed by atoms with Crippen LogP contribution in [0.15, 0.2) is 68.7 Å². The predicted octanol–water partition coefficient (Wildman–Crippen LogP) is 6.96. The van der Waals surface area contributed by atoms with E-state index in [-0.39, 0.29) is 11.5 Å². The molecule has 9 nitrogen and oxygen atoms in total. The average molecular weight is 636 g/mol. The highest BCUT2D eigenvalue weighted by Gasteiger charge is 2.20. The fourth-order valence-corrected chi connectivity index (χ4v) is 7.10. The van der Waals surface area contributed by atoms with Gasteiger partial charge in [0.25, 0.3) is 0 Å². The maximum atomic E-state index is 12.2. The number of benzene rings is 1. The van der Waals surface area contributed by atoms with Gasteiger partial charge in [-0.2, -0.15) is 22.1 Å². The van der Waals surface area contributed by atoms with Crippen LogP contribution in [0.5, 0.6) is 0 Å². The fraction of sp³-hybridized carbons (Fsp3) is 0.393. The molecule has 41 heavy (non-hydrogen) atoms. The van der Waals surface area contributed by atoms with E-state index in [0.29, 0.717) is 39.0 Å². The summed E-state index contributed by atoms with van der Waals surface area (Å²) in [6.45, 7) is 3.87. The van der Waals surface area contributed by atoms with Crippen molar-refractivity contribution in [3.63, 3.8) is 0 Å². The molecule has 0 spiro atoms. The first-order valence-electron chi connectivity index (χ1n) is 13.3. The molecule has 3 rings (SSSR count). The molecule has 2 aliphatic heterocycles. The van der Waals surface area contributed by atoms with Gasteiger partial charge in [-0.3, -0.25) is 8.57 Å². The Hall–Kier alpha value is -2.79. The average Bonchev–Trinajstić information content (AvgIpc) is 3.60. The van der Waals surface area contributed by atoms with E-state index in [4.69, 9.17) is 8.57 Å². The van der Waals surface area contributed by atoms with Gasteiger partial charge in [0.2, 0.25) is 0 Å². The molecule has 2 heterocycles. The third-order valence-corrected chi connectivity index (χ3v) is 9.96. The van der Waals surface area contributed by atoms with Gasteiger partial charge >= 0.3 is 20.2 Å². The number of hydrogen-bond donors (Lipinski definition) is 0. The molecule has 2 aliphatic rings. The lowest BCUT2D eigenvalue weighted by Crippen LogP contribution is -2.08. The number of hydrogen-bond acceptors (Lipinski definition) is 11. The molecule has 0 amide bonds. The highest BCUT2D eigenvalue weighted by molar-refractivity contribution is 8.18. The van der Waals surface area contributed by atoms with Gasteiger partial charge in [-0.05, 0) is 48.8 Å². The SMILES string of the molecule is CCCCCCCCS(=O)(=O)ON=C1C=CC(=C(C#N)c2ccccc2C=C2C=CC(=NOS(=O)(=O)CCC)S2)S1. The molecular weight excluding hydrogens is 603 g/mol. The van der Waals surface area contributed by atoms with E-state index in [0.717, 1.165) is 54.3 Å². The lowest BCUT2D eigenvalue weighted by atomic mass is 9.99. The van der Waals surface area contributed by atoms with E-state index in [2.05, 4.69) is 23.3 Å². The summed E-state index contributed by atoms with van der Waals surface area (Å²) >= 11 is 2.40. The summed E-state index contributed by atoms with van der Waals surface area (Å²) < 4.78 is 57.6. The molecule has 0 aliphatic carbocycles. The Bertz CT molecular complexity index is 1530. The number of allylic oxidation sites excluding steroid dienone is 3. The molecule has 0 aromatic heterocycles. The Balaban J connectivity index is 1.68. The molecular formula is C28H33N3O6S4. The van der Waals surface area contributed by atoms with E-state index in [9.17, 15) is 22.1 Å². The van der Waals surface area contributed by atoms with Crippen LogP contribution in [0.3, 0.4) is 0 Å². The molecule has 13 heteroatoms. The molecule has 0 fully saturated rings. The van der Waals surface area contributed by atoms with Crippen molar-refractivity contribution >= 4 is 65.5 Å². The lowest BCUT2D eigenvalue weighted by Gasteiger charge is -2.08. The summed E-state index contributed by atoms with van der Waals surface area (Å²) in [5.41, 5.74) is 1.84. The second-order valence-electron chi connectivity index (χ2n) is 9.16. The third-order valence-electron chi connectivity index (χ3n) is 5.77. The Labute approximate surface area is 251 Å². The highest BCUT2D eigenvalue weighted by atomic mass is 32.2. The van der Waals surface area contributed by atoms with Crippen LogP contribution in [0.25, 0.3) is 11.6 Å². The standard InChI is InChI=1S/C28H33N3O6S4/c1-3-5-6-7-8-11-19-41(34,35)37-31-28-17-15-26(39-28)25(21-29)24-13-10-9-12-22(24)20-23-14-16-27(38-23)30-36-40(32,33)18-4-2/h9-10,12-17,20H,3-8,11,18-19H2,1-2H3. The molecule has 1 aromatic rings. The molecule has 0 radical (unpaired) electrons. The van der Waals surface area contributed by atoms with Crippen molar-refractivity contribution in [2.45, 2.75) is 58.8 Å². The van der Waals surface area contributed by atoms with Crippen molar-refractivity contribution < 1.29 is 25.4 Å². The topological polar surface area (TPSA) is 135 Å². The molecule has 220 valence electrons. The zero-order chi connectivity index (χ0) is 29.7. The Kier molecular flexibility index (Phi) is 12.8. The monoisotopic (exact) mass is 635 g/mol. The second-order valence-corrected chi connectivity index (χ2v) is 14.7. The van der Waals surface area contributed by atoms with Gasteiger partial charge in [-0.25, -0.2) is 0 Å². The normalized spacial score (nSPS) is 19.3. The van der Waals surface area contributed by atoms with Gasteiger partial charge in [0, 0.05) is 15.4 Å². The first-order chi connectivity index (χ1) is 19.7. The lowest BCUT2D eigenvalue weighted by molar-refractivity contribution is 0.339. The molecule has 0 unspecified atom stereocenters. The van der Waals surface area contributed by atoms with Crippen LogP contribution in [0.4, 0.5) is 0 Å². The van der Waals surface area contributed by atoms with Crippen LogP contribution < -0.4 is 0 Å². The third kappa shape index (κ3) is 10.8. The Morgan fingerprint density at radius 3 is 2.17 bits per heavy atom. The van der Waals surface area contributed by atoms with Crippen molar-refractivity contribution in [3.8, 4) is 6.07 Å². The van der Waals surface area contributed by atoms with Gasteiger partial charge in [0.1, 0.15) is 16.2 Å². The fourth-order valence-electron chi connectivity index (χ4n) is 3.80. The molecule has 0 atom stereocenters. The van der Waals surface area contributed by atoms with Crippen molar-refractivity contribution in [2.75, 3.05) is 11.5 Å². The minimum absolute atomic E-state index is 0.0853. The zero-order valence-corrected chi connectivity index (χ0v) is 26.3. The molecule has 1 aromatic carbocycles. The Morgan fingerprint density at radius 1 is 0.829 bits per heavy atom. The highest BCUT2D eigenvalue weighted by Crippen LogP contribution is 2.37. The first-order valence-corrected chi connectivity index (χ1v) is 18.1. The van der Waals surface area contributed by atoms with Gasteiger partial charge in [-0.1, -0.05) is 104 Å². The van der Waals surface area contributed by atoms with Crippen molar-refractivity contribution in [1.82, 2.24) is 0 Å². The minimum atomic E-state index is -3.78. The number of thioether (sulfide) groups is 2. The molecule has 0 bridgehead atoms. The smallest absolute Gasteiger partial charge is 0.267 e. The van der Waals surface area contributed by atoms with E-state index in [1.165, 1.54) is 11.8 Å². The zero-order valence-electron chi connectivity index (χ0n) is 23.0. The maximum absolute atomic E-state index is 12.2. The number of rotatable bonds is 15. The Morgan fingerprint density at radius 2 is 1.46 bits per heavy atom. The summed E-state index contributed by atoms with van der Waals surface area (Å²) in [6.07, 6.45) is 14.8. The van der Waals surface area contributed by atoms with E-state index in [1.807, 2.05) is 30.3 Å². The number of nitrogens with zero attached hydrogens (tertiary/aromatic N) is 3.